The van der Waals surface area contributed by atoms with Crippen LogP contribution in [0.5, 0.6) is 0 Å². The van der Waals surface area contributed by atoms with Gasteiger partial charge in [0.2, 0.25) is 5.91 Å². The highest BCUT2D eigenvalue weighted by Crippen LogP contribution is 2.33. The maximum absolute atomic E-state index is 12.8. The molecule has 0 atom stereocenters. The number of nitrogens with one attached hydrogen (secondary N) is 1. The van der Waals surface area contributed by atoms with Crippen LogP contribution in [0.2, 0.25) is 0 Å². The molecule has 3 rings (SSSR count). The number of hydrogen-bond acceptors (Lipinski definition) is 3. The predicted molar refractivity (Wildman–Crippen MR) is 90.0 cm³/mol. The molecule has 1 saturated carbocycles. The second-order valence-electron chi connectivity index (χ2n) is 7.10. The molecule has 0 bridgehead atoms. The Bertz CT molecular complexity index is 564. The van der Waals surface area contributed by atoms with Gasteiger partial charge in [-0.15, -0.1) is 0 Å². The van der Waals surface area contributed by atoms with Gasteiger partial charge in [-0.05, 0) is 38.5 Å². The van der Waals surface area contributed by atoms with E-state index in [2.05, 4.69) is 11.4 Å². The Balaban J connectivity index is 1.70. The normalized spacial score (nSPS) is 22.7. The number of allylic oxidation sites excluding steroid dienone is 2. The van der Waals surface area contributed by atoms with Crippen molar-refractivity contribution < 1.29 is 14.4 Å². The molecule has 1 N–H and O–H groups in total. The van der Waals surface area contributed by atoms with Crippen molar-refractivity contribution in [1.82, 2.24) is 15.1 Å². The van der Waals surface area contributed by atoms with Crippen molar-refractivity contribution in [1.29, 1.82) is 0 Å². The van der Waals surface area contributed by atoms with E-state index in [-0.39, 0.29) is 18.4 Å². The van der Waals surface area contributed by atoms with Crippen molar-refractivity contribution >= 4 is 17.8 Å². The molecule has 24 heavy (non-hydrogen) atoms. The highest BCUT2D eigenvalue weighted by atomic mass is 16.2. The van der Waals surface area contributed by atoms with Crippen LogP contribution in [-0.4, -0.2) is 46.3 Å². The Hall–Kier alpha value is -1.85. The van der Waals surface area contributed by atoms with E-state index in [1.165, 1.54) is 0 Å². The summed E-state index contributed by atoms with van der Waals surface area (Å²) >= 11 is 0. The molecule has 0 unspecified atom stereocenters. The van der Waals surface area contributed by atoms with Gasteiger partial charge < -0.3 is 10.2 Å². The van der Waals surface area contributed by atoms with Crippen LogP contribution in [0.25, 0.3) is 0 Å². The zero-order valence-electron chi connectivity index (χ0n) is 14.5. The molecule has 1 saturated heterocycles. The van der Waals surface area contributed by atoms with Crippen LogP contribution in [0.4, 0.5) is 4.79 Å². The molecular weight excluding hydrogens is 306 g/mol. The van der Waals surface area contributed by atoms with Gasteiger partial charge in [0, 0.05) is 12.2 Å². The lowest BCUT2D eigenvalue weighted by atomic mass is 9.82. The second kappa shape index (κ2) is 6.95. The third kappa shape index (κ3) is 3.06. The van der Waals surface area contributed by atoms with E-state index in [9.17, 15) is 14.4 Å². The van der Waals surface area contributed by atoms with Gasteiger partial charge in [0.1, 0.15) is 12.1 Å². The SMILES string of the molecule is CCCN(C(=O)CN1C(=O)NC2(CCCCC2)C1=O)C1=CCCC1. The van der Waals surface area contributed by atoms with Crippen molar-refractivity contribution in [2.75, 3.05) is 13.1 Å². The predicted octanol–water partition coefficient (Wildman–Crippen LogP) is 2.55. The minimum atomic E-state index is -0.752. The molecule has 3 aliphatic rings. The molecule has 0 aromatic rings. The third-order valence-electron chi connectivity index (χ3n) is 5.36. The van der Waals surface area contributed by atoms with Crippen LogP contribution in [0.15, 0.2) is 11.8 Å². The Kier molecular flexibility index (Phi) is 4.92. The van der Waals surface area contributed by atoms with E-state index >= 15 is 0 Å². The molecule has 1 spiro atoms. The van der Waals surface area contributed by atoms with E-state index in [0.29, 0.717) is 19.4 Å². The lowest BCUT2D eigenvalue weighted by molar-refractivity contribution is -0.138. The molecule has 6 heteroatoms. The van der Waals surface area contributed by atoms with Crippen molar-refractivity contribution in [3.63, 3.8) is 0 Å². The molecule has 1 heterocycles. The summed E-state index contributed by atoms with van der Waals surface area (Å²) in [5.74, 6) is -0.362. The Morgan fingerprint density at radius 3 is 2.62 bits per heavy atom. The van der Waals surface area contributed by atoms with Crippen LogP contribution >= 0.6 is 0 Å². The van der Waals surface area contributed by atoms with E-state index in [0.717, 1.165) is 55.5 Å². The van der Waals surface area contributed by atoms with Gasteiger partial charge in [0.15, 0.2) is 0 Å². The molecule has 6 nitrogen and oxygen atoms in total. The second-order valence-corrected chi connectivity index (χ2v) is 7.10. The quantitative estimate of drug-likeness (QED) is 0.786. The van der Waals surface area contributed by atoms with Gasteiger partial charge in [-0.1, -0.05) is 32.3 Å². The number of nitrogens with zero attached hydrogens (tertiary/aromatic N) is 2. The fraction of sp³-hybridized carbons (Fsp3) is 0.722. The molecule has 0 radical (unpaired) electrons. The summed E-state index contributed by atoms with van der Waals surface area (Å²) in [6.07, 6.45) is 10.3. The summed E-state index contributed by atoms with van der Waals surface area (Å²) in [4.78, 5) is 40.7. The summed E-state index contributed by atoms with van der Waals surface area (Å²) in [5, 5.41) is 2.87. The largest absolute Gasteiger partial charge is 0.325 e. The van der Waals surface area contributed by atoms with E-state index in [4.69, 9.17) is 0 Å². The lowest BCUT2D eigenvalue weighted by Crippen LogP contribution is -2.49. The average Bonchev–Trinajstić information content (AvgIpc) is 3.17. The first-order chi connectivity index (χ1) is 11.6. The summed E-state index contributed by atoms with van der Waals surface area (Å²) in [6.45, 7) is 2.52. The smallest absolute Gasteiger partial charge is 0.323 e. The van der Waals surface area contributed by atoms with E-state index in [1.807, 2.05) is 6.92 Å². The maximum atomic E-state index is 12.8. The monoisotopic (exact) mass is 333 g/mol. The van der Waals surface area contributed by atoms with E-state index < -0.39 is 11.6 Å². The minimum absolute atomic E-state index is 0.149. The fourth-order valence-corrected chi connectivity index (χ4v) is 4.09. The maximum Gasteiger partial charge on any atom is 0.325 e. The number of hydrogen-bond donors (Lipinski definition) is 1. The minimum Gasteiger partial charge on any atom is -0.323 e. The number of carbonyl (C=O) groups excluding carboxylic acids is 3. The van der Waals surface area contributed by atoms with Crippen LogP contribution in [-0.2, 0) is 9.59 Å². The summed E-state index contributed by atoms with van der Waals surface area (Å²) in [7, 11) is 0. The number of urea groups is 1. The Morgan fingerprint density at radius 1 is 1.25 bits per heavy atom. The van der Waals surface area contributed by atoms with Crippen molar-refractivity contribution in [2.45, 2.75) is 70.3 Å². The number of amides is 4. The van der Waals surface area contributed by atoms with Gasteiger partial charge in [-0.25, -0.2) is 4.79 Å². The number of carbonyl (C=O) groups is 3. The van der Waals surface area contributed by atoms with Gasteiger partial charge in [0.05, 0.1) is 0 Å². The zero-order valence-corrected chi connectivity index (χ0v) is 14.5. The highest BCUT2D eigenvalue weighted by Gasteiger charge is 2.51. The first kappa shape index (κ1) is 17.0. The fourth-order valence-electron chi connectivity index (χ4n) is 4.09. The molecule has 4 amide bonds. The third-order valence-corrected chi connectivity index (χ3v) is 5.36. The van der Waals surface area contributed by atoms with Gasteiger partial charge in [-0.2, -0.15) is 0 Å². The highest BCUT2D eigenvalue weighted by molar-refractivity contribution is 6.09. The van der Waals surface area contributed by atoms with E-state index in [1.54, 1.807) is 4.90 Å². The van der Waals surface area contributed by atoms with Crippen LogP contribution < -0.4 is 5.32 Å². The number of imide groups is 1. The summed E-state index contributed by atoms with van der Waals surface area (Å²) < 4.78 is 0. The number of rotatable bonds is 5. The Labute approximate surface area is 143 Å². The molecule has 0 aromatic heterocycles. The van der Waals surface area contributed by atoms with Crippen LogP contribution in [0.3, 0.4) is 0 Å². The average molecular weight is 333 g/mol. The molecule has 2 aliphatic carbocycles. The van der Waals surface area contributed by atoms with Crippen molar-refractivity contribution in [3.8, 4) is 0 Å². The first-order valence-electron chi connectivity index (χ1n) is 9.21. The Morgan fingerprint density at radius 2 is 2.00 bits per heavy atom. The molecule has 2 fully saturated rings. The molecule has 132 valence electrons. The molecule has 1 aliphatic heterocycles. The van der Waals surface area contributed by atoms with Crippen molar-refractivity contribution in [2.24, 2.45) is 0 Å². The first-order valence-corrected chi connectivity index (χ1v) is 9.21. The van der Waals surface area contributed by atoms with Crippen LogP contribution in [0.1, 0.15) is 64.7 Å². The van der Waals surface area contributed by atoms with Gasteiger partial charge >= 0.3 is 6.03 Å². The molecule has 0 aromatic carbocycles. The van der Waals surface area contributed by atoms with Crippen molar-refractivity contribution in [3.05, 3.63) is 11.8 Å². The molecular formula is C18H27N3O3. The summed E-state index contributed by atoms with van der Waals surface area (Å²) in [6, 6.07) is -0.410. The standard InChI is InChI=1S/C18H27N3O3/c1-2-12-20(14-8-4-5-9-14)15(22)13-21-16(23)18(19-17(21)24)10-6-3-7-11-18/h8H,2-7,9-13H2,1H3,(H,19,24). The summed E-state index contributed by atoms with van der Waals surface area (Å²) in [5.41, 5.74) is 0.291. The topological polar surface area (TPSA) is 69.7 Å². The van der Waals surface area contributed by atoms with Gasteiger partial charge in [0.25, 0.3) is 5.91 Å². The lowest BCUT2D eigenvalue weighted by Gasteiger charge is -2.30. The van der Waals surface area contributed by atoms with Crippen LogP contribution in [0, 0.1) is 0 Å². The van der Waals surface area contributed by atoms with Gasteiger partial charge in [-0.3, -0.25) is 14.5 Å². The zero-order chi connectivity index (χ0) is 17.2.